The lowest BCUT2D eigenvalue weighted by Crippen LogP contribution is -1.98. The third-order valence-corrected chi connectivity index (χ3v) is 2.49. The van der Waals surface area contributed by atoms with Gasteiger partial charge >= 0.3 is 5.97 Å². The largest absolute Gasteiger partial charge is 0.477 e. The van der Waals surface area contributed by atoms with Crippen molar-refractivity contribution in [1.29, 1.82) is 0 Å². The van der Waals surface area contributed by atoms with Crippen LogP contribution in [0.15, 0.2) is 54.6 Å². The molecule has 0 saturated carbocycles. The molecule has 0 aromatic heterocycles. The van der Waals surface area contributed by atoms with E-state index >= 15 is 0 Å². The summed E-state index contributed by atoms with van der Waals surface area (Å²) in [6, 6.07) is 7.56. The van der Waals surface area contributed by atoms with Gasteiger partial charge in [0, 0.05) is 12.7 Å². The standard InChI is InChI=1S/C16H15NO2/c1-4-6-14(11-12(5-2)16(18)19)13-7-9-15(17-3)10-8-13/h2,4,6-11,17H,1H2,3H3,(H,18,19)/b12-11+,14-6+. The van der Waals surface area contributed by atoms with Crippen LogP contribution in [0.4, 0.5) is 5.69 Å². The van der Waals surface area contributed by atoms with Crippen molar-refractivity contribution >= 4 is 17.2 Å². The van der Waals surface area contributed by atoms with Crippen LogP contribution in [0, 0.1) is 12.3 Å². The molecule has 0 saturated heterocycles. The Labute approximate surface area is 113 Å². The van der Waals surface area contributed by atoms with Gasteiger partial charge in [-0.1, -0.05) is 36.8 Å². The molecule has 0 unspecified atom stereocenters. The van der Waals surface area contributed by atoms with E-state index in [4.69, 9.17) is 11.5 Å². The van der Waals surface area contributed by atoms with Gasteiger partial charge in [0.2, 0.25) is 0 Å². The van der Waals surface area contributed by atoms with Crippen LogP contribution < -0.4 is 5.32 Å². The molecule has 0 heterocycles. The molecule has 0 fully saturated rings. The number of terminal acetylenes is 1. The second-order valence-corrected chi connectivity index (χ2v) is 3.69. The van der Waals surface area contributed by atoms with Gasteiger partial charge in [-0.2, -0.15) is 0 Å². The van der Waals surface area contributed by atoms with Crippen LogP contribution >= 0.6 is 0 Å². The van der Waals surface area contributed by atoms with Crippen LogP contribution in [-0.2, 0) is 4.79 Å². The molecule has 3 nitrogen and oxygen atoms in total. The summed E-state index contributed by atoms with van der Waals surface area (Å²) in [5.74, 6) is 1.04. The maximum atomic E-state index is 10.9. The number of allylic oxidation sites excluding steroid dienone is 4. The Morgan fingerprint density at radius 3 is 2.47 bits per heavy atom. The lowest BCUT2D eigenvalue weighted by atomic mass is 10.0. The van der Waals surface area contributed by atoms with Crippen LogP contribution in [0.1, 0.15) is 5.56 Å². The Morgan fingerprint density at radius 1 is 1.42 bits per heavy atom. The third kappa shape index (κ3) is 3.90. The van der Waals surface area contributed by atoms with E-state index in [1.165, 1.54) is 6.08 Å². The summed E-state index contributed by atoms with van der Waals surface area (Å²) >= 11 is 0. The average Bonchev–Trinajstić information content (AvgIpc) is 2.43. The molecule has 1 aromatic rings. The highest BCUT2D eigenvalue weighted by Crippen LogP contribution is 2.20. The van der Waals surface area contributed by atoms with E-state index in [-0.39, 0.29) is 5.57 Å². The van der Waals surface area contributed by atoms with E-state index in [0.717, 1.165) is 11.3 Å². The first kappa shape index (κ1) is 14.3. The maximum Gasteiger partial charge on any atom is 0.344 e. The van der Waals surface area contributed by atoms with Gasteiger partial charge in [-0.15, -0.1) is 6.42 Å². The van der Waals surface area contributed by atoms with Gasteiger partial charge in [0.15, 0.2) is 0 Å². The van der Waals surface area contributed by atoms with Gasteiger partial charge in [0.05, 0.1) is 0 Å². The SMILES string of the molecule is C#C/C(=C\C(=C/C=C)c1ccc(NC)cc1)C(=O)O. The number of anilines is 1. The fourth-order valence-electron chi connectivity index (χ4n) is 1.50. The molecule has 2 N–H and O–H groups in total. The van der Waals surface area contributed by atoms with E-state index in [1.54, 1.807) is 12.2 Å². The molecule has 1 aromatic carbocycles. The minimum Gasteiger partial charge on any atom is -0.477 e. The van der Waals surface area contributed by atoms with Gasteiger partial charge in [0.25, 0.3) is 0 Å². The highest BCUT2D eigenvalue weighted by Gasteiger charge is 2.06. The van der Waals surface area contributed by atoms with Crippen molar-refractivity contribution < 1.29 is 9.90 Å². The van der Waals surface area contributed by atoms with Crippen LogP contribution in [0.2, 0.25) is 0 Å². The molecule has 19 heavy (non-hydrogen) atoms. The zero-order chi connectivity index (χ0) is 14.3. The second kappa shape index (κ2) is 6.87. The Hall–Kier alpha value is -2.73. The van der Waals surface area contributed by atoms with E-state index in [0.29, 0.717) is 5.57 Å². The zero-order valence-electron chi connectivity index (χ0n) is 10.7. The van der Waals surface area contributed by atoms with Crippen LogP contribution in [0.5, 0.6) is 0 Å². The van der Waals surface area contributed by atoms with Crippen molar-refractivity contribution in [3.8, 4) is 12.3 Å². The predicted molar refractivity (Wildman–Crippen MR) is 78.7 cm³/mol. The number of aliphatic carboxylic acids is 1. The Morgan fingerprint density at radius 2 is 2.05 bits per heavy atom. The highest BCUT2D eigenvalue weighted by molar-refractivity contribution is 5.95. The predicted octanol–water partition coefficient (Wildman–Crippen LogP) is 2.94. The number of hydrogen-bond acceptors (Lipinski definition) is 2. The zero-order valence-corrected chi connectivity index (χ0v) is 10.7. The fourth-order valence-corrected chi connectivity index (χ4v) is 1.50. The van der Waals surface area contributed by atoms with Gasteiger partial charge in [-0.3, -0.25) is 0 Å². The number of carbonyl (C=O) groups is 1. The lowest BCUT2D eigenvalue weighted by molar-refractivity contribution is -0.132. The molecule has 0 amide bonds. The first-order valence-electron chi connectivity index (χ1n) is 5.65. The maximum absolute atomic E-state index is 10.9. The molecule has 0 aliphatic heterocycles. The molecule has 1 rings (SSSR count). The van der Waals surface area contributed by atoms with E-state index in [1.807, 2.05) is 31.3 Å². The molecule has 3 heteroatoms. The Kier molecular flexibility index (Phi) is 5.18. The van der Waals surface area contributed by atoms with Gasteiger partial charge in [-0.05, 0) is 29.3 Å². The molecule has 96 valence electrons. The smallest absolute Gasteiger partial charge is 0.344 e. The summed E-state index contributed by atoms with van der Waals surface area (Å²) in [6.07, 6.45) is 9.94. The van der Waals surface area contributed by atoms with Gasteiger partial charge in [-0.25, -0.2) is 4.79 Å². The molecular weight excluding hydrogens is 238 g/mol. The average molecular weight is 253 g/mol. The van der Waals surface area contributed by atoms with Crippen LogP contribution in [0.3, 0.4) is 0 Å². The Bertz CT molecular complexity index is 572. The summed E-state index contributed by atoms with van der Waals surface area (Å²) in [6.45, 7) is 3.62. The molecule has 0 atom stereocenters. The molecule has 0 radical (unpaired) electrons. The van der Waals surface area contributed by atoms with Crippen molar-refractivity contribution in [2.24, 2.45) is 0 Å². The number of hydrogen-bond donors (Lipinski definition) is 2. The van der Waals surface area contributed by atoms with Gasteiger partial charge in [0.1, 0.15) is 5.57 Å². The molecule has 0 aliphatic rings. The quantitative estimate of drug-likeness (QED) is 0.482. The number of carboxylic acids is 1. The first-order valence-corrected chi connectivity index (χ1v) is 5.65. The van der Waals surface area contributed by atoms with Crippen LogP contribution in [0.25, 0.3) is 5.57 Å². The van der Waals surface area contributed by atoms with Crippen molar-refractivity contribution in [3.63, 3.8) is 0 Å². The van der Waals surface area contributed by atoms with Crippen molar-refractivity contribution in [2.75, 3.05) is 12.4 Å². The van der Waals surface area contributed by atoms with Gasteiger partial charge < -0.3 is 10.4 Å². The van der Waals surface area contributed by atoms with Crippen molar-refractivity contribution in [3.05, 3.63) is 60.2 Å². The number of benzene rings is 1. The normalized spacial score (nSPS) is 11.6. The summed E-state index contributed by atoms with van der Waals surface area (Å²) < 4.78 is 0. The van der Waals surface area contributed by atoms with E-state index in [2.05, 4.69) is 17.8 Å². The van der Waals surface area contributed by atoms with Crippen LogP contribution in [-0.4, -0.2) is 18.1 Å². The monoisotopic (exact) mass is 253 g/mol. The number of nitrogens with one attached hydrogen (secondary N) is 1. The van der Waals surface area contributed by atoms with Crippen molar-refractivity contribution in [2.45, 2.75) is 0 Å². The third-order valence-electron chi connectivity index (χ3n) is 2.49. The minimum atomic E-state index is -1.12. The molecule has 0 spiro atoms. The summed E-state index contributed by atoms with van der Waals surface area (Å²) in [7, 11) is 1.83. The van der Waals surface area contributed by atoms with E-state index < -0.39 is 5.97 Å². The lowest BCUT2D eigenvalue weighted by Gasteiger charge is -2.05. The summed E-state index contributed by atoms with van der Waals surface area (Å²) in [4.78, 5) is 10.9. The molecule has 0 bridgehead atoms. The number of carboxylic acid groups (broad SMARTS) is 1. The summed E-state index contributed by atoms with van der Waals surface area (Å²) in [5.41, 5.74) is 2.45. The number of rotatable bonds is 5. The summed E-state index contributed by atoms with van der Waals surface area (Å²) in [5, 5.41) is 12.0. The highest BCUT2D eigenvalue weighted by atomic mass is 16.4. The molecular formula is C16H15NO2. The van der Waals surface area contributed by atoms with Crippen molar-refractivity contribution in [1.82, 2.24) is 0 Å². The minimum absolute atomic E-state index is 0.0919. The second-order valence-electron chi connectivity index (χ2n) is 3.69. The fraction of sp³-hybridized carbons (Fsp3) is 0.0625. The Balaban J connectivity index is 3.22. The first-order chi connectivity index (χ1) is 9.12. The topological polar surface area (TPSA) is 49.3 Å². The molecule has 0 aliphatic carbocycles. The van der Waals surface area contributed by atoms with E-state index in [9.17, 15) is 4.79 Å².